The summed E-state index contributed by atoms with van der Waals surface area (Å²) in [6, 6.07) is 8.61. The van der Waals surface area contributed by atoms with E-state index in [0.29, 0.717) is 5.88 Å². The summed E-state index contributed by atoms with van der Waals surface area (Å²) >= 11 is 0. The maximum atomic E-state index is 6.38. The van der Waals surface area contributed by atoms with Crippen molar-refractivity contribution in [3.63, 3.8) is 0 Å². The highest BCUT2D eigenvalue weighted by atomic mass is 16.5. The van der Waals surface area contributed by atoms with Gasteiger partial charge in [0.1, 0.15) is 18.1 Å². The summed E-state index contributed by atoms with van der Waals surface area (Å²) in [7, 11) is 4.34. The number of nitrogens with one attached hydrogen (secondary N) is 1. The van der Waals surface area contributed by atoms with Gasteiger partial charge in [0.25, 0.3) is 0 Å². The number of rotatable bonds is 4. The van der Waals surface area contributed by atoms with Gasteiger partial charge in [-0.1, -0.05) is 6.07 Å². The second kappa shape index (κ2) is 8.85. The van der Waals surface area contributed by atoms with Crippen molar-refractivity contribution < 1.29 is 4.74 Å². The molecule has 0 atom stereocenters. The Morgan fingerprint density at radius 1 is 0.882 bits per heavy atom. The number of likely N-dealkylation sites (tertiary alicyclic amines) is 1. The molecule has 2 saturated heterocycles. The summed E-state index contributed by atoms with van der Waals surface area (Å²) in [5.41, 5.74) is 5.23. The molecule has 8 nitrogen and oxygen atoms in total. The third-order valence-electron chi connectivity index (χ3n) is 7.24. The number of benzene rings is 1. The fraction of sp³-hybridized carbons (Fsp3) is 0.423. The van der Waals surface area contributed by atoms with Crippen molar-refractivity contribution in [2.75, 3.05) is 58.3 Å². The van der Waals surface area contributed by atoms with Crippen LogP contribution in [0.1, 0.15) is 12.8 Å². The lowest BCUT2D eigenvalue weighted by Gasteiger charge is -2.33. The van der Waals surface area contributed by atoms with E-state index in [2.05, 4.69) is 68.0 Å². The average Bonchev–Trinajstić information content (AvgIpc) is 3.29. The molecule has 3 aromatic heterocycles. The van der Waals surface area contributed by atoms with E-state index in [9.17, 15) is 0 Å². The first-order chi connectivity index (χ1) is 16.6. The average molecular weight is 458 g/mol. The Kier molecular flexibility index (Phi) is 5.55. The zero-order chi connectivity index (χ0) is 23.1. The molecular formula is C26H31N7O. The molecule has 0 spiro atoms. The summed E-state index contributed by atoms with van der Waals surface area (Å²) in [5, 5.41) is 2.09. The van der Waals surface area contributed by atoms with E-state index in [1.54, 1.807) is 6.33 Å². The van der Waals surface area contributed by atoms with E-state index >= 15 is 0 Å². The summed E-state index contributed by atoms with van der Waals surface area (Å²) in [4.78, 5) is 24.2. The van der Waals surface area contributed by atoms with Gasteiger partial charge in [0, 0.05) is 56.4 Å². The topological polar surface area (TPSA) is 73.4 Å². The molecule has 0 amide bonds. The van der Waals surface area contributed by atoms with Crippen molar-refractivity contribution in [3.05, 3.63) is 43.0 Å². The van der Waals surface area contributed by atoms with Gasteiger partial charge in [-0.15, -0.1) is 0 Å². The highest BCUT2D eigenvalue weighted by Gasteiger charge is 2.21. The van der Waals surface area contributed by atoms with Crippen LogP contribution in [-0.2, 0) is 0 Å². The largest absolute Gasteiger partial charge is 0.474 e. The van der Waals surface area contributed by atoms with Crippen molar-refractivity contribution in [3.8, 4) is 17.0 Å². The van der Waals surface area contributed by atoms with Crippen LogP contribution < -0.4 is 9.64 Å². The van der Waals surface area contributed by atoms with Gasteiger partial charge in [-0.3, -0.25) is 0 Å². The molecule has 5 heterocycles. The molecule has 1 aromatic carbocycles. The molecule has 0 aliphatic carbocycles. The molecule has 2 aliphatic heterocycles. The highest BCUT2D eigenvalue weighted by Crippen LogP contribution is 2.34. The zero-order valence-corrected chi connectivity index (χ0v) is 19.9. The number of fused-ring (bicyclic) bond motifs is 2. The van der Waals surface area contributed by atoms with Crippen LogP contribution in [0.2, 0.25) is 0 Å². The van der Waals surface area contributed by atoms with Crippen LogP contribution in [0.25, 0.3) is 33.1 Å². The van der Waals surface area contributed by atoms with Crippen molar-refractivity contribution in [2.24, 2.45) is 0 Å². The number of piperidine rings is 1. The molecular weight excluding hydrogens is 426 g/mol. The van der Waals surface area contributed by atoms with Gasteiger partial charge in [-0.25, -0.2) is 15.0 Å². The minimum atomic E-state index is 0.196. The minimum absolute atomic E-state index is 0.196. The molecule has 4 aromatic rings. The van der Waals surface area contributed by atoms with Crippen molar-refractivity contribution in [1.29, 1.82) is 0 Å². The summed E-state index contributed by atoms with van der Waals surface area (Å²) < 4.78 is 6.38. The number of aromatic nitrogens is 4. The van der Waals surface area contributed by atoms with Crippen LogP contribution in [0.3, 0.4) is 0 Å². The SMILES string of the molecule is CN1CCC(Oc2ncnc3ccc(-c4c[nH]c5ncc(N6CCN(C)CC6)cc45)cc23)CC1. The second-order valence-corrected chi connectivity index (χ2v) is 9.61. The van der Waals surface area contributed by atoms with Crippen LogP contribution in [0.5, 0.6) is 5.88 Å². The number of piperazine rings is 1. The van der Waals surface area contributed by atoms with Crippen LogP contribution in [0.4, 0.5) is 5.69 Å². The van der Waals surface area contributed by atoms with Gasteiger partial charge in [0.2, 0.25) is 5.88 Å². The molecule has 34 heavy (non-hydrogen) atoms. The summed E-state index contributed by atoms with van der Waals surface area (Å²) in [5.74, 6) is 0.678. The van der Waals surface area contributed by atoms with E-state index in [1.807, 2.05) is 12.4 Å². The predicted octanol–water partition coefficient (Wildman–Crippen LogP) is 3.40. The number of anilines is 1. The van der Waals surface area contributed by atoms with Crippen LogP contribution in [0, 0.1) is 0 Å². The van der Waals surface area contributed by atoms with Crippen molar-refractivity contribution in [1.82, 2.24) is 29.7 Å². The Balaban J connectivity index is 1.34. The van der Waals surface area contributed by atoms with Gasteiger partial charge in [0.15, 0.2) is 0 Å². The molecule has 2 fully saturated rings. The standard InChI is InChI=1S/C26H31N7O/c1-31-7-5-20(6-8-31)34-26-22-13-18(3-4-24(22)29-17-30-26)23-16-28-25-21(23)14-19(15-27-25)33-11-9-32(2)10-12-33/h3-4,13-17,20H,5-12H2,1-2H3,(H,27,28). The lowest BCUT2D eigenvalue weighted by atomic mass is 10.0. The Hall–Kier alpha value is -3.23. The molecule has 0 unspecified atom stereocenters. The Morgan fingerprint density at radius 2 is 1.68 bits per heavy atom. The third kappa shape index (κ3) is 4.08. The monoisotopic (exact) mass is 457 g/mol. The maximum Gasteiger partial charge on any atom is 0.224 e. The van der Waals surface area contributed by atoms with Crippen LogP contribution >= 0.6 is 0 Å². The molecule has 0 radical (unpaired) electrons. The smallest absolute Gasteiger partial charge is 0.224 e. The Bertz CT molecular complexity index is 1300. The molecule has 6 rings (SSSR count). The quantitative estimate of drug-likeness (QED) is 0.504. The molecule has 176 valence electrons. The Labute approximate surface area is 199 Å². The number of hydrogen-bond acceptors (Lipinski definition) is 7. The fourth-order valence-electron chi connectivity index (χ4n) is 5.02. The minimum Gasteiger partial charge on any atom is -0.474 e. The van der Waals surface area contributed by atoms with Gasteiger partial charge in [0.05, 0.1) is 22.8 Å². The number of pyridine rings is 1. The van der Waals surface area contributed by atoms with Gasteiger partial charge in [-0.2, -0.15) is 0 Å². The van der Waals surface area contributed by atoms with Gasteiger partial charge >= 0.3 is 0 Å². The number of aromatic amines is 1. The first kappa shape index (κ1) is 21.3. The van der Waals surface area contributed by atoms with E-state index < -0.39 is 0 Å². The molecule has 0 saturated carbocycles. The molecule has 1 N–H and O–H groups in total. The first-order valence-corrected chi connectivity index (χ1v) is 12.1. The number of likely N-dealkylation sites (N-methyl/N-ethyl adjacent to an activating group) is 1. The van der Waals surface area contributed by atoms with E-state index in [1.165, 1.54) is 5.69 Å². The van der Waals surface area contributed by atoms with Gasteiger partial charge < -0.3 is 24.4 Å². The molecule has 0 bridgehead atoms. The maximum absolute atomic E-state index is 6.38. The normalized spacial score (nSPS) is 18.7. The number of ether oxygens (including phenoxy) is 1. The summed E-state index contributed by atoms with van der Waals surface area (Å²) in [6.07, 6.45) is 7.87. The molecule has 2 aliphatic rings. The fourth-order valence-corrected chi connectivity index (χ4v) is 5.02. The van der Waals surface area contributed by atoms with E-state index in [0.717, 1.165) is 85.2 Å². The highest BCUT2D eigenvalue weighted by molar-refractivity contribution is 5.98. The molecule has 8 heteroatoms. The third-order valence-corrected chi connectivity index (χ3v) is 7.24. The second-order valence-electron chi connectivity index (χ2n) is 9.61. The van der Waals surface area contributed by atoms with E-state index in [-0.39, 0.29) is 6.10 Å². The Morgan fingerprint density at radius 3 is 2.50 bits per heavy atom. The van der Waals surface area contributed by atoms with Gasteiger partial charge in [-0.05, 0) is 50.7 Å². The lowest BCUT2D eigenvalue weighted by molar-refractivity contribution is 0.111. The van der Waals surface area contributed by atoms with Crippen LogP contribution in [0.15, 0.2) is 43.0 Å². The predicted molar refractivity (Wildman–Crippen MR) is 135 cm³/mol. The zero-order valence-electron chi connectivity index (χ0n) is 19.9. The van der Waals surface area contributed by atoms with Crippen molar-refractivity contribution >= 4 is 27.6 Å². The van der Waals surface area contributed by atoms with Crippen molar-refractivity contribution in [2.45, 2.75) is 18.9 Å². The van der Waals surface area contributed by atoms with E-state index in [4.69, 9.17) is 9.72 Å². The number of nitrogens with zero attached hydrogens (tertiary/aromatic N) is 6. The summed E-state index contributed by atoms with van der Waals surface area (Å²) in [6.45, 7) is 6.29. The van der Waals surface area contributed by atoms with Crippen LogP contribution in [-0.4, -0.2) is 89.2 Å². The number of H-pyrrole nitrogens is 1. The number of hydrogen-bond donors (Lipinski definition) is 1. The lowest BCUT2D eigenvalue weighted by Crippen LogP contribution is -2.44. The first-order valence-electron chi connectivity index (χ1n) is 12.1.